The number of halogens is 2. The molecule has 5 rings (SSSR count). The smallest absolute Gasteiger partial charge is 0.123 e. The van der Waals surface area contributed by atoms with E-state index in [-0.39, 0.29) is 17.3 Å². The molecule has 4 fully saturated rings. The van der Waals surface area contributed by atoms with Gasteiger partial charge < -0.3 is 5.11 Å². The van der Waals surface area contributed by atoms with Crippen molar-refractivity contribution in [3.05, 3.63) is 34.6 Å². The summed E-state index contributed by atoms with van der Waals surface area (Å²) in [5, 5.41) is 11.5. The summed E-state index contributed by atoms with van der Waals surface area (Å²) in [7, 11) is 0. The van der Waals surface area contributed by atoms with Crippen LogP contribution in [0.2, 0.25) is 5.02 Å². The molecule has 0 saturated heterocycles. The third-order valence-electron chi connectivity index (χ3n) is 6.21. The molecule has 0 aliphatic heterocycles. The van der Waals surface area contributed by atoms with Gasteiger partial charge in [-0.1, -0.05) is 11.6 Å². The fourth-order valence-electron chi connectivity index (χ4n) is 5.71. The molecule has 4 bridgehead atoms. The second-order valence-corrected chi connectivity index (χ2v) is 8.14. The SMILES string of the molecule is OC(Cc1cc(F)ccc1Cl)C12CC3CC(CC(C3)C1)C2. The van der Waals surface area contributed by atoms with Gasteiger partial charge in [0, 0.05) is 11.4 Å². The highest BCUT2D eigenvalue weighted by molar-refractivity contribution is 6.31. The summed E-state index contributed by atoms with van der Waals surface area (Å²) in [6.45, 7) is 0. The van der Waals surface area contributed by atoms with Crippen molar-refractivity contribution in [2.75, 3.05) is 0 Å². The second kappa shape index (κ2) is 4.96. The van der Waals surface area contributed by atoms with E-state index in [1.165, 1.54) is 31.4 Å². The normalized spacial score (nSPS) is 38.7. The van der Waals surface area contributed by atoms with Crippen LogP contribution in [0.3, 0.4) is 0 Å². The zero-order valence-electron chi connectivity index (χ0n) is 12.2. The summed E-state index contributed by atoms with van der Waals surface area (Å²) < 4.78 is 13.4. The highest BCUT2D eigenvalue weighted by atomic mass is 35.5. The summed E-state index contributed by atoms with van der Waals surface area (Å²) in [5.41, 5.74) is 0.824. The van der Waals surface area contributed by atoms with Gasteiger partial charge >= 0.3 is 0 Å². The Labute approximate surface area is 130 Å². The first-order valence-corrected chi connectivity index (χ1v) is 8.54. The predicted octanol–water partition coefficient (Wildman–Crippen LogP) is 4.60. The van der Waals surface area contributed by atoms with Crippen molar-refractivity contribution in [1.82, 2.24) is 0 Å². The lowest BCUT2D eigenvalue weighted by molar-refractivity contribution is -0.119. The van der Waals surface area contributed by atoms with Crippen molar-refractivity contribution < 1.29 is 9.50 Å². The molecule has 4 aliphatic carbocycles. The number of hydrogen-bond donors (Lipinski definition) is 1. The molecule has 4 saturated carbocycles. The summed E-state index contributed by atoms with van der Waals surface area (Å²) in [4.78, 5) is 0. The van der Waals surface area contributed by atoms with Gasteiger partial charge in [-0.2, -0.15) is 0 Å². The molecule has 4 aliphatic rings. The van der Waals surface area contributed by atoms with Gasteiger partial charge in [0.15, 0.2) is 0 Å². The first-order chi connectivity index (χ1) is 10.0. The number of hydrogen-bond acceptors (Lipinski definition) is 1. The van der Waals surface area contributed by atoms with E-state index in [0.717, 1.165) is 42.6 Å². The average molecular weight is 309 g/mol. The van der Waals surface area contributed by atoms with Crippen LogP contribution in [0.25, 0.3) is 0 Å². The van der Waals surface area contributed by atoms with Crippen LogP contribution in [0.4, 0.5) is 4.39 Å². The molecular weight excluding hydrogens is 287 g/mol. The number of benzene rings is 1. The third kappa shape index (κ3) is 2.41. The zero-order valence-corrected chi connectivity index (χ0v) is 13.0. The molecule has 21 heavy (non-hydrogen) atoms. The lowest BCUT2D eigenvalue weighted by Crippen LogP contribution is -2.52. The van der Waals surface area contributed by atoms with Gasteiger partial charge in [-0.25, -0.2) is 4.39 Å². The third-order valence-corrected chi connectivity index (χ3v) is 6.58. The van der Waals surface area contributed by atoms with Crippen molar-refractivity contribution in [3.63, 3.8) is 0 Å². The fraction of sp³-hybridized carbons (Fsp3) is 0.667. The first-order valence-electron chi connectivity index (χ1n) is 8.16. The van der Waals surface area contributed by atoms with Crippen molar-refractivity contribution >= 4 is 11.6 Å². The molecule has 1 aromatic carbocycles. The molecule has 0 heterocycles. The molecular formula is C18H22ClFO. The minimum atomic E-state index is -0.384. The van der Waals surface area contributed by atoms with Gasteiger partial charge in [0.2, 0.25) is 0 Å². The first kappa shape index (κ1) is 14.0. The van der Waals surface area contributed by atoms with E-state index in [1.54, 1.807) is 6.07 Å². The molecule has 0 amide bonds. The molecule has 1 N–H and O–H groups in total. The van der Waals surface area contributed by atoms with Gasteiger partial charge in [-0.05, 0) is 85.5 Å². The number of aliphatic hydroxyl groups is 1. The van der Waals surface area contributed by atoms with Gasteiger partial charge in [0.05, 0.1) is 6.10 Å². The van der Waals surface area contributed by atoms with Crippen LogP contribution in [-0.4, -0.2) is 11.2 Å². The Morgan fingerprint density at radius 3 is 2.29 bits per heavy atom. The van der Waals surface area contributed by atoms with Crippen LogP contribution >= 0.6 is 11.6 Å². The molecule has 0 spiro atoms. The maximum Gasteiger partial charge on any atom is 0.123 e. The van der Waals surface area contributed by atoms with E-state index in [2.05, 4.69) is 0 Å². The van der Waals surface area contributed by atoms with Gasteiger partial charge in [-0.15, -0.1) is 0 Å². The predicted molar refractivity (Wildman–Crippen MR) is 81.7 cm³/mol. The Hall–Kier alpha value is -0.600. The molecule has 0 radical (unpaired) electrons. The van der Waals surface area contributed by atoms with Crippen molar-refractivity contribution in [3.8, 4) is 0 Å². The topological polar surface area (TPSA) is 20.2 Å². The molecule has 1 unspecified atom stereocenters. The molecule has 1 atom stereocenters. The minimum absolute atomic E-state index is 0.0738. The van der Waals surface area contributed by atoms with Crippen LogP contribution < -0.4 is 0 Å². The Bertz CT molecular complexity index is 521. The van der Waals surface area contributed by atoms with Crippen LogP contribution in [0.15, 0.2) is 18.2 Å². The van der Waals surface area contributed by atoms with Crippen LogP contribution in [0.5, 0.6) is 0 Å². The number of rotatable bonds is 3. The maximum atomic E-state index is 13.4. The van der Waals surface area contributed by atoms with Gasteiger partial charge in [0.25, 0.3) is 0 Å². The van der Waals surface area contributed by atoms with Crippen molar-refractivity contribution in [1.29, 1.82) is 0 Å². The van der Waals surface area contributed by atoms with E-state index < -0.39 is 0 Å². The van der Waals surface area contributed by atoms with E-state index in [9.17, 15) is 9.50 Å². The highest BCUT2D eigenvalue weighted by Crippen LogP contribution is 2.61. The fourth-order valence-corrected chi connectivity index (χ4v) is 5.90. The van der Waals surface area contributed by atoms with Crippen molar-refractivity contribution in [2.45, 2.75) is 51.0 Å². The van der Waals surface area contributed by atoms with Gasteiger partial charge in [0.1, 0.15) is 5.82 Å². The van der Waals surface area contributed by atoms with E-state index >= 15 is 0 Å². The largest absolute Gasteiger partial charge is 0.392 e. The summed E-state index contributed by atoms with van der Waals surface area (Å²) in [6, 6.07) is 4.45. The Kier molecular flexibility index (Phi) is 3.31. The van der Waals surface area contributed by atoms with Gasteiger partial charge in [-0.3, -0.25) is 0 Å². The lowest BCUT2D eigenvalue weighted by Gasteiger charge is -2.58. The minimum Gasteiger partial charge on any atom is -0.392 e. The van der Waals surface area contributed by atoms with E-state index in [0.29, 0.717) is 11.4 Å². The Balaban J connectivity index is 1.57. The summed E-state index contributed by atoms with van der Waals surface area (Å²) >= 11 is 6.17. The van der Waals surface area contributed by atoms with Crippen LogP contribution in [0.1, 0.15) is 44.1 Å². The number of aliphatic hydroxyl groups excluding tert-OH is 1. The van der Waals surface area contributed by atoms with E-state index in [1.807, 2.05) is 0 Å². The molecule has 3 heteroatoms. The standard InChI is InChI=1S/C18H22ClFO/c19-16-2-1-15(20)6-14(16)7-17(21)18-8-11-3-12(9-18)5-13(4-11)10-18/h1-2,6,11-13,17,21H,3-5,7-10H2. The summed E-state index contributed by atoms with van der Waals surface area (Å²) in [6.07, 6.45) is 7.69. The van der Waals surface area contributed by atoms with Crippen LogP contribution in [0, 0.1) is 29.0 Å². The Morgan fingerprint density at radius 1 is 1.14 bits per heavy atom. The second-order valence-electron chi connectivity index (χ2n) is 7.74. The molecule has 114 valence electrons. The molecule has 0 aromatic heterocycles. The molecule has 1 aromatic rings. The van der Waals surface area contributed by atoms with E-state index in [4.69, 9.17) is 11.6 Å². The zero-order chi connectivity index (χ0) is 14.6. The quantitative estimate of drug-likeness (QED) is 0.865. The molecule has 1 nitrogen and oxygen atoms in total. The average Bonchev–Trinajstić information content (AvgIpc) is 2.41. The monoisotopic (exact) mass is 308 g/mol. The summed E-state index contributed by atoms with van der Waals surface area (Å²) in [5.74, 6) is 2.17. The lowest BCUT2D eigenvalue weighted by atomic mass is 9.48. The Morgan fingerprint density at radius 2 is 1.71 bits per heavy atom. The maximum absolute atomic E-state index is 13.4. The van der Waals surface area contributed by atoms with Crippen molar-refractivity contribution in [2.24, 2.45) is 23.2 Å². The highest BCUT2D eigenvalue weighted by Gasteiger charge is 2.53. The van der Waals surface area contributed by atoms with Crippen LogP contribution in [-0.2, 0) is 6.42 Å².